The van der Waals surface area contributed by atoms with Gasteiger partial charge in [-0.15, -0.1) is 0 Å². The van der Waals surface area contributed by atoms with Gasteiger partial charge in [0.2, 0.25) is 5.91 Å². The zero-order valence-electron chi connectivity index (χ0n) is 15.7. The highest BCUT2D eigenvalue weighted by molar-refractivity contribution is 7.90. The molecule has 1 aromatic carbocycles. The number of hydrogen-bond donors (Lipinski definition) is 1. The first-order valence-corrected chi connectivity index (χ1v) is 10.5. The number of alkyl halides is 2. The van der Waals surface area contributed by atoms with Crippen molar-refractivity contribution in [1.82, 2.24) is 9.62 Å². The molecule has 1 heterocycles. The number of amides is 1. The van der Waals surface area contributed by atoms with Crippen LogP contribution in [0.15, 0.2) is 34.2 Å². The molecule has 0 unspecified atom stereocenters. The van der Waals surface area contributed by atoms with E-state index in [4.69, 9.17) is 4.74 Å². The Bertz CT molecular complexity index is 800. The second-order valence-electron chi connectivity index (χ2n) is 6.37. The van der Waals surface area contributed by atoms with E-state index in [0.717, 1.165) is 4.90 Å². The summed E-state index contributed by atoms with van der Waals surface area (Å²) < 4.78 is 56.4. The fraction of sp³-hybridized carbons (Fsp3) is 0.556. The number of aliphatic imine (C=N–C) groups is 1. The number of unbranched alkanes of at least 4 members (excludes halogenated alkanes) is 2. The molecule has 0 radical (unpaired) electrons. The summed E-state index contributed by atoms with van der Waals surface area (Å²) in [5.74, 6) is 0.00972. The number of halogens is 2. The van der Waals surface area contributed by atoms with Gasteiger partial charge in [-0.25, -0.2) is 17.2 Å². The molecule has 0 bridgehead atoms. The first kappa shape index (κ1) is 22.2. The molecule has 1 N–H and O–H groups in total. The highest BCUT2D eigenvalue weighted by atomic mass is 32.2. The van der Waals surface area contributed by atoms with Crippen LogP contribution in [0.25, 0.3) is 0 Å². The van der Waals surface area contributed by atoms with Crippen LogP contribution in [0.2, 0.25) is 0 Å². The molecule has 10 heteroatoms. The topological polar surface area (TPSA) is 88.1 Å². The summed E-state index contributed by atoms with van der Waals surface area (Å²) in [6, 6.07) is 6.63. The van der Waals surface area contributed by atoms with Crippen molar-refractivity contribution in [2.75, 3.05) is 33.4 Å². The second-order valence-corrected chi connectivity index (χ2v) is 8.02. The normalized spacial score (nSPS) is 16.2. The fourth-order valence-electron chi connectivity index (χ4n) is 2.85. The van der Waals surface area contributed by atoms with E-state index in [9.17, 15) is 22.0 Å². The van der Waals surface area contributed by atoms with Crippen molar-refractivity contribution in [2.24, 2.45) is 4.99 Å². The van der Waals surface area contributed by atoms with E-state index in [1.54, 1.807) is 18.2 Å². The minimum Gasteiger partial charge on any atom is -0.383 e. The Morgan fingerprint density at radius 2 is 2.00 bits per heavy atom. The van der Waals surface area contributed by atoms with E-state index in [1.807, 2.05) is 0 Å². The number of rotatable bonds is 11. The zero-order valence-corrected chi connectivity index (χ0v) is 16.6. The number of hydrogen-bond acceptors (Lipinski definition) is 5. The van der Waals surface area contributed by atoms with Crippen LogP contribution in [0.4, 0.5) is 8.78 Å². The first-order chi connectivity index (χ1) is 13.3. The van der Waals surface area contributed by atoms with Crippen LogP contribution in [0, 0.1) is 0 Å². The number of methoxy groups -OCH3 is 1. The van der Waals surface area contributed by atoms with E-state index in [1.165, 1.54) is 13.2 Å². The van der Waals surface area contributed by atoms with Crippen molar-refractivity contribution in [3.63, 3.8) is 0 Å². The summed E-state index contributed by atoms with van der Waals surface area (Å²) in [7, 11) is -2.09. The zero-order chi connectivity index (χ0) is 20.6. The maximum atomic E-state index is 12.6. The van der Waals surface area contributed by atoms with Gasteiger partial charge < -0.3 is 9.64 Å². The van der Waals surface area contributed by atoms with Crippen molar-refractivity contribution in [3.8, 4) is 0 Å². The lowest BCUT2D eigenvalue weighted by atomic mass is 10.1. The second kappa shape index (κ2) is 10.5. The highest BCUT2D eigenvalue weighted by Gasteiger charge is 2.29. The molecule has 0 fully saturated rings. The van der Waals surface area contributed by atoms with Crippen molar-refractivity contribution in [1.29, 1.82) is 0 Å². The number of nitrogens with zero attached hydrogens (tertiary/aromatic N) is 2. The van der Waals surface area contributed by atoms with Gasteiger partial charge in [-0.2, -0.15) is 0 Å². The number of sulfonamides is 1. The SMILES string of the molecule is COCCN(CC(F)F)C(=O)CCCCCN=C1NS(=O)(=O)c2ccccc21. The standard InChI is InChI=1S/C18H25F2N3O4S/c1-27-12-11-23(13-16(19)20)17(24)9-3-2-6-10-21-18-14-7-4-5-8-15(14)28(25,26)22-18/h4-5,7-8,16H,2-3,6,9-13H2,1H3,(H,21,22). The van der Waals surface area contributed by atoms with E-state index in [0.29, 0.717) is 37.2 Å². The maximum Gasteiger partial charge on any atom is 0.263 e. The van der Waals surface area contributed by atoms with Crippen LogP contribution in [0.1, 0.15) is 31.2 Å². The minimum atomic E-state index is -3.54. The number of fused-ring (bicyclic) bond motifs is 1. The molecule has 0 aliphatic carbocycles. The van der Waals surface area contributed by atoms with Gasteiger partial charge in [0.1, 0.15) is 5.84 Å². The Morgan fingerprint density at radius 1 is 1.25 bits per heavy atom. The Labute approximate surface area is 163 Å². The maximum absolute atomic E-state index is 12.6. The van der Waals surface area contributed by atoms with Gasteiger partial charge in [0.25, 0.3) is 16.4 Å². The summed E-state index contributed by atoms with van der Waals surface area (Å²) in [5, 5.41) is 0. The van der Waals surface area contributed by atoms with Crippen LogP contribution in [0.5, 0.6) is 0 Å². The monoisotopic (exact) mass is 417 g/mol. The molecule has 1 aliphatic rings. The third-order valence-electron chi connectivity index (χ3n) is 4.26. The first-order valence-electron chi connectivity index (χ1n) is 9.06. The minimum absolute atomic E-state index is 0.146. The molecule has 0 saturated carbocycles. The van der Waals surface area contributed by atoms with Crippen molar-refractivity contribution >= 4 is 21.8 Å². The van der Waals surface area contributed by atoms with Crippen molar-refractivity contribution in [2.45, 2.75) is 37.0 Å². The predicted molar refractivity (Wildman–Crippen MR) is 101 cm³/mol. The van der Waals surface area contributed by atoms with Gasteiger partial charge in [-0.3, -0.25) is 14.5 Å². The van der Waals surface area contributed by atoms with Crippen molar-refractivity contribution in [3.05, 3.63) is 29.8 Å². The quantitative estimate of drug-likeness (QED) is 0.558. The Morgan fingerprint density at radius 3 is 2.71 bits per heavy atom. The summed E-state index contributed by atoms with van der Waals surface area (Å²) in [6.45, 7) is 0.181. The van der Waals surface area contributed by atoms with Crippen LogP contribution in [0.3, 0.4) is 0 Å². The molecule has 0 spiro atoms. The lowest BCUT2D eigenvalue weighted by Crippen LogP contribution is -2.37. The molecular formula is C18H25F2N3O4S. The average Bonchev–Trinajstić information content (AvgIpc) is 2.92. The highest BCUT2D eigenvalue weighted by Crippen LogP contribution is 2.22. The number of nitrogens with one attached hydrogen (secondary N) is 1. The molecule has 1 amide bonds. The molecule has 1 aromatic rings. The summed E-state index contributed by atoms with van der Waals surface area (Å²) in [5.41, 5.74) is 0.554. The number of benzene rings is 1. The van der Waals surface area contributed by atoms with Gasteiger partial charge in [0.15, 0.2) is 0 Å². The lowest BCUT2D eigenvalue weighted by molar-refractivity contribution is -0.134. The van der Waals surface area contributed by atoms with Gasteiger partial charge in [0, 0.05) is 32.2 Å². The molecule has 0 aromatic heterocycles. The summed E-state index contributed by atoms with van der Waals surface area (Å²) in [6.07, 6.45) is -0.493. The molecule has 0 atom stereocenters. The number of carbonyl (C=O) groups is 1. The Hall–Kier alpha value is -2.07. The molecule has 0 saturated heterocycles. The van der Waals surface area contributed by atoms with Gasteiger partial charge in [-0.05, 0) is 25.0 Å². The molecule has 7 nitrogen and oxygen atoms in total. The molecule has 28 heavy (non-hydrogen) atoms. The molecule has 156 valence electrons. The van der Waals surface area contributed by atoms with Crippen LogP contribution in [-0.4, -0.2) is 64.8 Å². The molecule has 1 aliphatic heterocycles. The van der Waals surface area contributed by atoms with E-state index < -0.39 is 23.0 Å². The van der Waals surface area contributed by atoms with Gasteiger partial charge in [0.05, 0.1) is 18.0 Å². The largest absolute Gasteiger partial charge is 0.383 e. The molecular weight excluding hydrogens is 392 g/mol. The number of amidine groups is 1. The van der Waals surface area contributed by atoms with E-state index in [2.05, 4.69) is 9.71 Å². The predicted octanol–water partition coefficient (Wildman–Crippen LogP) is 2.03. The van der Waals surface area contributed by atoms with E-state index >= 15 is 0 Å². The Kier molecular flexibility index (Phi) is 8.31. The van der Waals surface area contributed by atoms with Crippen molar-refractivity contribution < 1.29 is 26.7 Å². The summed E-state index contributed by atoms with van der Waals surface area (Å²) >= 11 is 0. The van der Waals surface area contributed by atoms with Crippen LogP contribution in [-0.2, 0) is 19.6 Å². The lowest BCUT2D eigenvalue weighted by Gasteiger charge is -2.21. The van der Waals surface area contributed by atoms with Gasteiger partial charge in [-0.1, -0.05) is 18.6 Å². The Balaban J connectivity index is 1.76. The average molecular weight is 417 g/mol. The molecule has 2 rings (SSSR count). The smallest absolute Gasteiger partial charge is 0.263 e. The third-order valence-corrected chi connectivity index (χ3v) is 5.65. The van der Waals surface area contributed by atoms with Crippen LogP contribution >= 0.6 is 0 Å². The fourth-order valence-corrected chi connectivity index (χ4v) is 4.10. The third kappa shape index (κ3) is 6.23. The number of carbonyl (C=O) groups excluding carboxylic acids is 1. The summed E-state index contributed by atoms with van der Waals surface area (Å²) in [4.78, 5) is 17.7. The van der Waals surface area contributed by atoms with E-state index in [-0.39, 0.29) is 30.4 Å². The van der Waals surface area contributed by atoms with Gasteiger partial charge >= 0.3 is 0 Å². The van der Waals surface area contributed by atoms with Crippen LogP contribution < -0.4 is 4.72 Å². The number of ether oxygens (including phenoxy) is 1.